The summed E-state index contributed by atoms with van der Waals surface area (Å²) in [6.07, 6.45) is 20.8. The van der Waals surface area contributed by atoms with Gasteiger partial charge in [-0.3, -0.25) is 0 Å². The molecule has 0 saturated heterocycles. The summed E-state index contributed by atoms with van der Waals surface area (Å²) >= 11 is 0. The van der Waals surface area contributed by atoms with Gasteiger partial charge in [-0.25, -0.2) is 0 Å². The van der Waals surface area contributed by atoms with Crippen LogP contribution in [0.4, 0.5) is 0 Å². The summed E-state index contributed by atoms with van der Waals surface area (Å²) in [5.74, 6) is 2.28. The van der Waals surface area contributed by atoms with Gasteiger partial charge in [0, 0.05) is 0 Å². The molecule has 0 heteroatoms. The number of hydrogen-bond acceptors (Lipinski definition) is 0. The molecule has 0 aliphatic heterocycles. The molecule has 0 amide bonds. The molecule has 1 aliphatic carbocycles. The molecule has 0 heterocycles. The maximum absolute atomic E-state index is 2.30. The second kappa shape index (κ2) is 10.9. The van der Waals surface area contributed by atoms with Crippen LogP contribution in [-0.4, -0.2) is 0 Å². The smallest absolute Gasteiger partial charge is 0.0383 e. The van der Waals surface area contributed by atoms with Crippen LogP contribution in [0.2, 0.25) is 0 Å². The molecule has 1 aliphatic rings. The molecule has 0 aromatic carbocycles. The van der Waals surface area contributed by atoms with Crippen molar-refractivity contribution >= 4 is 0 Å². The third-order valence-corrected chi connectivity index (χ3v) is 4.68. The highest BCUT2D eigenvalue weighted by atomic mass is 14.4. The van der Waals surface area contributed by atoms with Gasteiger partial charge in [0.25, 0.3) is 0 Å². The van der Waals surface area contributed by atoms with Crippen LogP contribution in [0.1, 0.15) is 104 Å². The van der Waals surface area contributed by atoms with E-state index in [1.165, 1.54) is 70.6 Å². The van der Waals surface area contributed by atoms with Crippen molar-refractivity contribution in [1.29, 1.82) is 0 Å². The van der Waals surface area contributed by atoms with Crippen LogP contribution in [0.15, 0.2) is 0 Å². The molecule has 18 heavy (non-hydrogen) atoms. The molecule has 108 valence electrons. The van der Waals surface area contributed by atoms with Crippen molar-refractivity contribution in [3.05, 3.63) is 0 Å². The Morgan fingerprint density at radius 2 is 0.944 bits per heavy atom. The molecule has 0 N–H and O–H groups in total. The fourth-order valence-corrected chi connectivity index (χ4v) is 3.21. The summed E-state index contributed by atoms with van der Waals surface area (Å²) in [6.45, 7) is 4.60. The number of unbranched alkanes of at least 4 members (excludes halogenated alkanes) is 9. The van der Waals surface area contributed by atoms with Crippen molar-refractivity contribution in [1.82, 2.24) is 0 Å². The Labute approximate surface area is 116 Å². The van der Waals surface area contributed by atoms with Crippen LogP contribution in [-0.2, 0) is 0 Å². The predicted octanol–water partition coefficient (Wildman–Crippen LogP) is 6.73. The first kappa shape index (κ1) is 16.1. The third kappa shape index (κ3) is 8.16. The first-order valence-electron chi connectivity index (χ1n) is 8.88. The summed E-state index contributed by atoms with van der Waals surface area (Å²) in [6, 6.07) is 0. The van der Waals surface area contributed by atoms with Crippen molar-refractivity contribution in [2.75, 3.05) is 0 Å². The van der Waals surface area contributed by atoms with E-state index in [0.29, 0.717) is 0 Å². The van der Waals surface area contributed by atoms with Gasteiger partial charge in [0.1, 0.15) is 0 Å². The van der Waals surface area contributed by atoms with E-state index in [0.717, 1.165) is 11.8 Å². The Morgan fingerprint density at radius 1 is 0.556 bits per heavy atom. The van der Waals surface area contributed by atoms with E-state index in [1.54, 1.807) is 19.3 Å². The van der Waals surface area contributed by atoms with E-state index >= 15 is 0 Å². The second-order valence-electron chi connectivity index (χ2n) is 6.52. The maximum atomic E-state index is 2.30. The van der Waals surface area contributed by atoms with E-state index in [4.69, 9.17) is 0 Å². The van der Waals surface area contributed by atoms with Crippen molar-refractivity contribution in [3.63, 3.8) is 0 Å². The largest absolute Gasteiger partial charge is 0.0654 e. The molecule has 0 nitrogen and oxygen atoms in total. The van der Waals surface area contributed by atoms with Crippen LogP contribution < -0.4 is 0 Å². The fraction of sp³-hybridized carbons (Fsp3) is 1.00. The van der Waals surface area contributed by atoms with Crippen LogP contribution in [0, 0.1) is 11.8 Å². The molecule has 0 bridgehead atoms. The molecule has 1 fully saturated rings. The van der Waals surface area contributed by atoms with Crippen LogP contribution >= 0.6 is 0 Å². The Hall–Kier alpha value is 0. The normalized spacial score (nSPS) is 22.3. The van der Waals surface area contributed by atoms with Gasteiger partial charge in [-0.15, -0.1) is 0 Å². The van der Waals surface area contributed by atoms with Gasteiger partial charge in [-0.1, -0.05) is 97.3 Å². The highest BCUT2D eigenvalue weighted by Gasteiger charge is 2.34. The lowest BCUT2D eigenvalue weighted by Gasteiger charge is -2.02. The fourth-order valence-electron chi connectivity index (χ4n) is 3.21. The van der Waals surface area contributed by atoms with E-state index in [-0.39, 0.29) is 0 Å². The molecule has 1 saturated carbocycles. The second-order valence-corrected chi connectivity index (χ2v) is 6.52. The molecule has 0 spiro atoms. The monoisotopic (exact) mass is 252 g/mol. The highest BCUT2D eigenvalue weighted by molar-refractivity contribution is 4.85. The van der Waals surface area contributed by atoms with Gasteiger partial charge < -0.3 is 0 Å². The maximum Gasteiger partial charge on any atom is -0.0383 e. The summed E-state index contributed by atoms with van der Waals surface area (Å²) < 4.78 is 0. The first-order valence-corrected chi connectivity index (χ1v) is 8.88. The van der Waals surface area contributed by atoms with E-state index < -0.39 is 0 Å². The molecule has 2 unspecified atom stereocenters. The minimum absolute atomic E-state index is 1.14. The SMILES string of the molecule is CCCCCCCCC1CC1CCCCCCC. The average Bonchev–Trinajstić information content (AvgIpc) is 3.12. The highest BCUT2D eigenvalue weighted by Crippen LogP contribution is 2.45. The minimum atomic E-state index is 1.14. The molecule has 1 rings (SSSR count). The van der Waals surface area contributed by atoms with E-state index in [2.05, 4.69) is 13.8 Å². The molecule has 0 radical (unpaired) electrons. The summed E-state index contributed by atoms with van der Waals surface area (Å²) in [4.78, 5) is 0. The van der Waals surface area contributed by atoms with Crippen LogP contribution in [0.5, 0.6) is 0 Å². The van der Waals surface area contributed by atoms with Gasteiger partial charge in [0.05, 0.1) is 0 Å². The third-order valence-electron chi connectivity index (χ3n) is 4.68. The van der Waals surface area contributed by atoms with Gasteiger partial charge >= 0.3 is 0 Å². The van der Waals surface area contributed by atoms with Crippen LogP contribution in [0.25, 0.3) is 0 Å². The van der Waals surface area contributed by atoms with Gasteiger partial charge in [-0.2, -0.15) is 0 Å². The first-order chi connectivity index (χ1) is 8.88. The number of rotatable bonds is 13. The summed E-state index contributed by atoms with van der Waals surface area (Å²) in [7, 11) is 0. The Morgan fingerprint density at radius 3 is 1.39 bits per heavy atom. The lowest BCUT2D eigenvalue weighted by molar-refractivity contribution is 0.517. The topological polar surface area (TPSA) is 0 Å². The average molecular weight is 252 g/mol. The summed E-state index contributed by atoms with van der Waals surface area (Å²) in [5.41, 5.74) is 0. The Bertz CT molecular complexity index is 173. The van der Waals surface area contributed by atoms with E-state index in [1.807, 2.05) is 0 Å². The van der Waals surface area contributed by atoms with Crippen molar-refractivity contribution in [2.45, 2.75) is 104 Å². The summed E-state index contributed by atoms with van der Waals surface area (Å²) in [5, 5.41) is 0. The molecule has 0 aromatic heterocycles. The van der Waals surface area contributed by atoms with Crippen molar-refractivity contribution < 1.29 is 0 Å². The lowest BCUT2D eigenvalue weighted by atomic mass is 10.0. The zero-order chi connectivity index (χ0) is 13.1. The van der Waals surface area contributed by atoms with Gasteiger partial charge in [0.15, 0.2) is 0 Å². The molecular weight excluding hydrogens is 216 g/mol. The van der Waals surface area contributed by atoms with Gasteiger partial charge in [-0.05, 0) is 18.3 Å². The van der Waals surface area contributed by atoms with Gasteiger partial charge in [0.2, 0.25) is 0 Å². The quantitative estimate of drug-likeness (QED) is 0.319. The van der Waals surface area contributed by atoms with Crippen molar-refractivity contribution in [3.8, 4) is 0 Å². The zero-order valence-corrected chi connectivity index (χ0v) is 13.1. The minimum Gasteiger partial charge on any atom is -0.0654 e. The Balaban J connectivity index is 1.77. The van der Waals surface area contributed by atoms with Crippen LogP contribution in [0.3, 0.4) is 0 Å². The molecule has 0 aromatic rings. The van der Waals surface area contributed by atoms with E-state index in [9.17, 15) is 0 Å². The number of hydrogen-bond donors (Lipinski definition) is 0. The molecular formula is C18H36. The lowest BCUT2D eigenvalue weighted by Crippen LogP contribution is -1.86. The standard InChI is InChI=1S/C18H36/c1-3-5-7-9-11-13-15-18-16-17(18)14-12-10-8-6-4-2/h17-18H,3-16H2,1-2H3. The Kier molecular flexibility index (Phi) is 9.70. The zero-order valence-electron chi connectivity index (χ0n) is 13.1. The van der Waals surface area contributed by atoms with Crippen molar-refractivity contribution in [2.24, 2.45) is 11.8 Å². The predicted molar refractivity (Wildman–Crippen MR) is 83.0 cm³/mol. The molecule has 2 atom stereocenters.